The lowest BCUT2D eigenvalue weighted by Gasteiger charge is -2.36. The fraction of sp³-hybridized carbons (Fsp3) is 0.154. The number of amidine groups is 1. The first-order valence-electron chi connectivity index (χ1n) is 10.9. The van der Waals surface area contributed by atoms with Crippen molar-refractivity contribution in [3.05, 3.63) is 84.4 Å². The quantitative estimate of drug-likeness (QED) is 0.301. The molecule has 0 aromatic heterocycles. The van der Waals surface area contributed by atoms with Crippen LogP contribution in [-0.4, -0.2) is 48.5 Å². The van der Waals surface area contributed by atoms with Crippen molar-refractivity contribution in [2.24, 2.45) is 10.8 Å². The normalized spacial score (nSPS) is 13.8. The predicted octanol–water partition coefficient (Wildman–Crippen LogP) is 3.54. The monoisotopic (exact) mass is 451 g/mol. The van der Waals surface area contributed by atoms with Gasteiger partial charge >= 0.3 is 0 Å². The minimum atomic E-state index is -0.384. The molecule has 0 saturated carbocycles. The summed E-state index contributed by atoms with van der Waals surface area (Å²) in [7, 11) is 0. The van der Waals surface area contributed by atoms with Crippen molar-refractivity contribution < 1.29 is 4.79 Å². The van der Waals surface area contributed by atoms with Gasteiger partial charge in [0, 0.05) is 37.4 Å². The van der Waals surface area contributed by atoms with Crippen LogP contribution >= 0.6 is 0 Å². The number of carbonyl (C=O) groups excluding carboxylic acids is 1. The van der Waals surface area contributed by atoms with E-state index in [0.29, 0.717) is 18.8 Å². The smallest absolute Gasteiger partial charge is 0.254 e. The maximum atomic E-state index is 13.3. The number of nitrogens with one attached hydrogen (secondary N) is 2. The SMILES string of the molecule is N#C/C(=N\Nc1ccc(N2CCN(C(=O)c3ccccc3-c3ccccc3)CC2)cc1)C(=N)N. The third kappa shape index (κ3) is 5.05. The van der Waals surface area contributed by atoms with Crippen molar-refractivity contribution >= 4 is 28.8 Å². The van der Waals surface area contributed by atoms with Crippen LogP contribution in [0.3, 0.4) is 0 Å². The van der Waals surface area contributed by atoms with Gasteiger partial charge in [0.2, 0.25) is 5.71 Å². The van der Waals surface area contributed by atoms with Gasteiger partial charge in [-0.2, -0.15) is 10.4 Å². The second-order valence-corrected chi connectivity index (χ2v) is 7.84. The second kappa shape index (κ2) is 10.3. The van der Waals surface area contributed by atoms with E-state index in [2.05, 4.69) is 15.4 Å². The van der Waals surface area contributed by atoms with Gasteiger partial charge in [-0.1, -0.05) is 48.5 Å². The summed E-state index contributed by atoms with van der Waals surface area (Å²) in [4.78, 5) is 17.5. The zero-order valence-electron chi connectivity index (χ0n) is 18.6. The molecule has 8 heteroatoms. The lowest BCUT2D eigenvalue weighted by atomic mass is 9.98. The van der Waals surface area contributed by atoms with E-state index in [1.165, 1.54) is 0 Å². The first kappa shape index (κ1) is 22.6. The highest BCUT2D eigenvalue weighted by atomic mass is 16.2. The zero-order valence-corrected chi connectivity index (χ0v) is 18.6. The van der Waals surface area contributed by atoms with Gasteiger partial charge in [0.15, 0.2) is 5.84 Å². The summed E-state index contributed by atoms with van der Waals surface area (Å²) >= 11 is 0. The first-order chi connectivity index (χ1) is 16.6. The molecule has 8 nitrogen and oxygen atoms in total. The summed E-state index contributed by atoms with van der Waals surface area (Å²) in [5, 5.41) is 20.1. The summed E-state index contributed by atoms with van der Waals surface area (Å²) in [6.45, 7) is 2.73. The standard InChI is InChI=1S/C26H25N7O/c27-18-24(25(28)29)31-30-20-10-12-21(13-11-20)32-14-16-33(17-15-32)26(34)23-9-5-4-8-22(23)19-6-2-1-3-7-19/h1-13,30H,14-17H2,(H3,28,29)/b31-24+. The van der Waals surface area contributed by atoms with Crippen molar-refractivity contribution in [2.45, 2.75) is 0 Å². The lowest BCUT2D eigenvalue weighted by molar-refractivity contribution is 0.0747. The van der Waals surface area contributed by atoms with Gasteiger partial charge in [0.1, 0.15) is 6.07 Å². The Morgan fingerprint density at radius 2 is 1.59 bits per heavy atom. The number of carbonyl (C=O) groups is 1. The molecule has 0 radical (unpaired) electrons. The van der Waals surface area contributed by atoms with Gasteiger partial charge in [-0.25, -0.2) is 0 Å². The Bertz CT molecular complexity index is 1240. The highest BCUT2D eigenvalue weighted by Gasteiger charge is 2.24. The number of benzene rings is 3. The molecule has 1 saturated heterocycles. The average molecular weight is 452 g/mol. The van der Waals surface area contributed by atoms with Gasteiger partial charge in [-0.15, -0.1) is 0 Å². The van der Waals surface area contributed by atoms with Gasteiger partial charge in [0.25, 0.3) is 5.91 Å². The number of rotatable bonds is 6. The van der Waals surface area contributed by atoms with Gasteiger partial charge < -0.3 is 15.5 Å². The Balaban J connectivity index is 1.39. The van der Waals surface area contributed by atoms with E-state index in [1.54, 1.807) is 6.07 Å². The van der Waals surface area contributed by atoms with E-state index in [0.717, 1.165) is 35.5 Å². The zero-order chi connectivity index (χ0) is 23.9. The van der Waals surface area contributed by atoms with Crippen molar-refractivity contribution in [1.82, 2.24) is 4.90 Å². The average Bonchev–Trinajstić information content (AvgIpc) is 2.89. The number of hydrazone groups is 1. The van der Waals surface area contributed by atoms with E-state index < -0.39 is 0 Å². The van der Waals surface area contributed by atoms with Gasteiger partial charge in [-0.3, -0.25) is 15.6 Å². The molecular weight excluding hydrogens is 426 g/mol. The fourth-order valence-corrected chi connectivity index (χ4v) is 3.89. The van der Waals surface area contributed by atoms with Crippen LogP contribution in [0.5, 0.6) is 0 Å². The maximum absolute atomic E-state index is 13.3. The molecule has 1 aliphatic heterocycles. The Hall–Kier alpha value is -4.64. The van der Waals surface area contributed by atoms with Crippen LogP contribution < -0.4 is 16.1 Å². The summed E-state index contributed by atoms with van der Waals surface area (Å²) in [5.41, 5.74) is 12.3. The Morgan fingerprint density at radius 3 is 2.24 bits per heavy atom. The van der Waals surface area contributed by atoms with Gasteiger partial charge in [0.05, 0.1) is 5.69 Å². The maximum Gasteiger partial charge on any atom is 0.254 e. The van der Waals surface area contributed by atoms with E-state index in [1.807, 2.05) is 83.8 Å². The second-order valence-electron chi connectivity index (χ2n) is 7.84. The molecule has 0 unspecified atom stereocenters. The molecule has 0 spiro atoms. The highest BCUT2D eigenvalue weighted by Crippen LogP contribution is 2.26. The molecule has 170 valence electrons. The minimum Gasteiger partial charge on any atom is -0.382 e. The van der Waals surface area contributed by atoms with Crippen molar-refractivity contribution in [2.75, 3.05) is 36.5 Å². The molecule has 1 fully saturated rings. The van der Waals surface area contributed by atoms with E-state index >= 15 is 0 Å². The number of hydrogen-bond donors (Lipinski definition) is 3. The number of hydrogen-bond acceptors (Lipinski definition) is 6. The van der Waals surface area contributed by atoms with E-state index in [9.17, 15) is 4.79 Å². The van der Waals surface area contributed by atoms with E-state index in [4.69, 9.17) is 16.4 Å². The van der Waals surface area contributed by atoms with Crippen molar-refractivity contribution in [3.63, 3.8) is 0 Å². The number of amides is 1. The first-order valence-corrected chi connectivity index (χ1v) is 10.9. The summed E-state index contributed by atoms with van der Waals surface area (Å²) < 4.78 is 0. The Kier molecular flexibility index (Phi) is 6.84. The third-order valence-electron chi connectivity index (χ3n) is 5.70. The number of nitrogens with two attached hydrogens (primary N) is 1. The molecule has 1 amide bonds. The summed E-state index contributed by atoms with van der Waals surface area (Å²) in [6, 6.07) is 27.1. The molecule has 3 aromatic rings. The van der Waals surface area contributed by atoms with Crippen LogP contribution in [0.4, 0.5) is 11.4 Å². The molecule has 0 bridgehead atoms. The number of nitrogens with zero attached hydrogens (tertiary/aromatic N) is 4. The number of piperazine rings is 1. The molecule has 1 heterocycles. The van der Waals surface area contributed by atoms with Crippen LogP contribution in [-0.2, 0) is 0 Å². The molecule has 3 aromatic carbocycles. The summed E-state index contributed by atoms with van der Waals surface area (Å²) in [6.07, 6.45) is 0. The molecule has 34 heavy (non-hydrogen) atoms. The minimum absolute atomic E-state index is 0.0512. The summed E-state index contributed by atoms with van der Waals surface area (Å²) in [5.74, 6) is -0.333. The molecule has 4 N–H and O–H groups in total. The van der Waals surface area contributed by atoms with Crippen LogP contribution in [0.1, 0.15) is 10.4 Å². The molecule has 4 rings (SSSR count). The van der Waals surface area contributed by atoms with Crippen LogP contribution in [0.15, 0.2) is 84.0 Å². The number of nitriles is 1. The molecule has 0 aliphatic carbocycles. The van der Waals surface area contributed by atoms with Crippen LogP contribution in [0, 0.1) is 16.7 Å². The van der Waals surface area contributed by atoms with Crippen molar-refractivity contribution in [1.29, 1.82) is 10.7 Å². The number of anilines is 2. The Labute approximate surface area is 198 Å². The molecule has 0 atom stereocenters. The fourth-order valence-electron chi connectivity index (χ4n) is 3.89. The van der Waals surface area contributed by atoms with Crippen LogP contribution in [0.2, 0.25) is 0 Å². The van der Waals surface area contributed by atoms with Crippen LogP contribution in [0.25, 0.3) is 11.1 Å². The largest absolute Gasteiger partial charge is 0.382 e. The third-order valence-corrected chi connectivity index (χ3v) is 5.70. The van der Waals surface area contributed by atoms with Crippen molar-refractivity contribution in [3.8, 4) is 17.2 Å². The molecule has 1 aliphatic rings. The Morgan fingerprint density at radius 1 is 0.941 bits per heavy atom. The molecular formula is C26H25N7O. The van der Waals surface area contributed by atoms with Gasteiger partial charge in [-0.05, 0) is 41.5 Å². The highest BCUT2D eigenvalue weighted by molar-refractivity contribution is 6.45. The van der Waals surface area contributed by atoms with E-state index in [-0.39, 0.29) is 17.5 Å². The predicted molar refractivity (Wildman–Crippen MR) is 135 cm³/mol. The lowest BCUT2D eigenvalue weighted by Crippen LogP contribution is -2.48. The topological polar surface area (TPSA) is 122 Å².